The van der Waals surface area contributed by atoms with Crippen LogP contribution in [-0.4, -0.2) is 9.78 Å². The van der Waals surface area contributed by atoms with Crippen molar-refractivity contribution >= 4 is 15.9 Å². The van der Waals surface area contributed by atoms with Gasteiger partial charge in [0.25, 0.3) is 0 Å². The molecule has 1 aliphatic carbocycles. The van der Waals surface area contributed by atoms with Crippen LogP contribution in [0.4, 0.5) is 0 Å². The van der Waals surface area contributed by atoms with E-state index in [1.54, 1.807) is 0 Å². The molecule has 0 unspecified atom stereocenters. The third-order valence-corrected chi connectivity index (χ3v) is 3.86. The zero-order valence-corrected chi connectivity index (χ0v) is 11.7. The lowest BCUT2D eigenvalue weighted by Crippen LogP contribution is -2.08. The van der Waals surface area contributed by atoms with Gasteiger partial charge in [-0.05, 0) is 30.5 Å². The van der Waals surface area contributed by atoms with Gasteiger partial charge in [-0.3, -0.25) is 4.68 Å². The molecule has 0 spiro atoms. The highest BCUT2D eigenvalue weighted by Gasteiger charge is 2.29. The van der Waals surface area contributed by atoms with Gasteiger partial charge in [0.1, 0.15) is 0 Å². The summed E-state index contributed by atoms with van der Waals surface area (Å²) in [5.41, 5.74) is 9.59. The van der Waals surface area contributed by atoms with Crippen molar-refractivity contribution in [2.75, 3.05) is 0 Å². The molecule has 1 heterocycles. The van der Waals surface area contributed by atoms with Gasteiger partial charge in [0.15, 0.2) is 0 Å². The molecule has 1 aromatic carbocycles. The van der Waals surface area contributed by atoms with Crippen molar-refractivity contribution in [1.82, 2.24) is 9.78 Å². The predicted molar refractivity (Wildman–Crippen MR) is 75.3 cm³/mol. The van der Waals surface area contributed by atoms with E-state index in [1.807, 2.05) is 12.3 Å². The van der Waals surface area contributed by atoms with E-state index in [0.29, 0.717) is 12.5 Å². The maximum Gasteiger partial charge on any atom is 0.0663 e. The maximum atomic E-state index is 5.79. The molecule has 0 bridgehead atoms. The summed E-state index contributed by atoms with van der Waals surface area (Å²) in [7, 11) is 0. The highest BCUT2D eigenvalue weighted by atomic mass is 79.9. The second-order valence-corrected chi connectivity index (χ2v) is 5.74. The minimum Gasteiger partial charge on any atom is -0.326 e. The maximum absolute atomic E-state index is 5.79. The van der Waals surface area contributed by atoms with Crippen LogP contribution in [0, 0.1) is 0 Å². The molecule has 3 rings (SSSR count). The van der Waals surface area contributed by atoms with Crippen molar-refractivity contribution in [3.05, 3.63) is 51.8 Å². The molecule has 18 heavy (non-hydrogen) atoms. The lowest BCUT2D eigenvalue weighted by atomic mass is 10.1. The summed E-state index contributed by atoms with van der Waals surface area (Å²) >= 11 is 3.50. The second-order valence-electron chi connectivity index (χ2n) is 4.82. The van der Waals surface area contributed by atoms with Crippen molar-refractivity contribution in [2.24, 2.45) is 5.73 Å². The average molecular weight is 306 g/mol. The van der Waals surface area contributed by atoms with E-state index in [0.717, 1.165) is 11.0 Å². The lowest BCUT2D eigenvalue weighted by molar-refractivity contribution is 0.643. The van der Waals surface area contributed by atoms with Crippen molar-refractivity contribution in [1.29, 1.82) is 0 Å². The lowest BCUT2D eigenvalue weighted by Gasteiger charge is -2.08. The van der Waals surface area contributed by atoms with E-state index in [-0.39, 0.29) is 0 Å². The molecule has 0 radical (unpaired) electrons. The second kappa shape index (κ2) is 4.86. The highest BCUT2D eigenvalue weighted by molar-refractivity contribution is 9.10. The third kappa shape index (κ3) is 2.35. The molecule has 3 nitrogen and oxygen atoms in total. The largest absolute Gasteiger partial charge is 0.326 e. The van der Waals surface area contributed by atoms with Crippen LogP contribution < -0.4 is 5.73 Å². The Balaban J connectivity index is 1.90. The van der Waals surface area contributed by atoms with Crippen LogP contribution in [0.25, 0.3) is 0 Å². The van der Waals surface area contributed by atoms with Gasteiger partial charge in [0.05, 0.1) is 12.7 Å². The summed E-state index contributed by atoms with van der Waals surface area (Å²) in [5, 5.41) is 4.49. The number of nitrogens with two attached hydrogens (primary N) is 1. The minimum atomic E-state index is 0.588. The molecule has 0 saturated heterocycles. The Morgan fingerprint density at radius 1 is 1.39 bits per heavy atom. The number of halogens is 1. The van der Waals surface area contributed by atoms with Crippen molar-refractivity contribution in [2.45, 2.75) is 31.8 Å². The molecule has 0 atom stereocenters. The number of nitrogens with zero attached hydrogens (tertiary/aromatic N) is 2. The number of hydrogen-bond acceptors (Lipinski definition) is 2. The molecule has 1 aromatic heterocycles. The van der Waals surface area contributed by atoms with Gasteiger partial charge in [0, 0.05) is 28.2 Å². The number of aromatic nitrogens is 2. The third-order valence-electron chi connectivity index (χ3n) is 3.37. The van der Waals surface area contributed by atoms with E-state index in [1.165, 1.54) is 29.7 Å². The quantitative estimate of drug-likeness (QED) is 0.943. The van der Waals surface area contributed by atoms with Crippen molar-refractivity contribution in [3.8, 4) is 0 Å². The van der Waals surface area contributed by atoms with E-state index >= 15 is 0 Å². The van der Waals surface area contributed by atoms with E-state index in [4.69, 9.17) is 5.73 Å². The minimum absolute atomic E-state index is 0.588. The molecule has 2 N–H and O–H groups in total. The van der Waals surface area contributed by atoms with Crippen LogP contribution in [-0.2, 0) is 13.1 Å². The van der Waals surface area contributed by atoms with Crippen LogP contribution in [0.1, 0.15) is 35.6 Å². The molecule has 1 saturated carbocycles. The number of rotatable bonds is 4. The van der Waals surface area contributed by atoms with Crippen LogP contribution in [0.3, 0.4) is 0 Å². The van der Waals surface area contributed by atoms with Crippen LogP contribution >= 0.6 is 15.9 Å². The summed E-state index contributed by atoms with van der Waals surface area (Å²) in [4.78, 5) is 0. The molecular formula is C14H16BrN3. The fraction of sp³-hybridized carbons (Fsp3) is 0.357. The normalized spacial score (nSPS) is 15.0. The van der Waals surface area contributed by atoms with Gasteiger partial charge in [-0.2, -0.15) is 5.10 Å². The smallest absolute Gasteiger partial charge is 0.0663 e. The number of hydrogen-bond donors (Lipinski definition) is 1. The monoisotopic (exact) mass is 305 g/mol. The summed E-state index contributed by atoms with van der Waals surface area (Å²) in [6.45, 7) is 1.41. The van der Waals surface area contributed by atoms with E-state index in [9.17, 15) is 0 Å². The molecule has 4 heteroatoms. The van der Waals surface area contributed by atoms with Gasteiger partial charge in [-0.25, -0.2) is 0 Å². The Labute approximate surface area is 115 Å². The van der Waals surface area contributed by atoms with Crippen LogP contribution in [0.2, 0.25) is 0 Å². The Hall–Kier alpha value is -1.13. The van der Waals surface area contributed by atoms with Crippen LogP contribution in [0.15, 0.2) is 34.9 Å². The van der Waals surface area contributed by atoms with Gasteiger partial charge >= 0.3 is 0 Å². The first kappa shape index (κ1) is 11.9. The average Bonchev–Trinajstić information content (AvgIpc) is 3.11. The van der Waals surface area contributed by atoms with Gasteiger partial charge in [-0.1, -0.05) is 28.1 Å². The topological polar surface area (TPSA) is 43.8 Å². The predicted octanol–water partition coefficient (Wildman–Crippen LogP) is 3.03. The first-order valence-corrected chi connectivity index (χ1v) is 7.06. The van der Waals surface area contributed by atoms with Gasteiger partial charge in [0.2, 0.25) is 0 Å². The molecule has 94 valence electrons. The first-order valence-electron chi connectivity index (χ1n) is 6.27. The Morgan fingerprint density at radius 3 is 2.89 bits per heavy atom. The molecule has 0 aliphatic heterocycles. The fourth-order valence-electron chi connectivity index (χ4n) is 2.35. The standard InChI is InChI=1S/C14H16BrN3/c15-13-3-1-2-10(6-13)9-18-14(11-4-5-11)12(7-16)8-17-18/h1-3,6,8,11H,4-5,7,9,16H2. The highest BCUT2D eigenvalue weighted by Crippen LogP contribution is 2.41. The van der Waals surface area contributed by atoms with Crippen molar-refractivity contribution < 1.29 is 0 Å². The first-order chi connectivity index (χ1) is 8.78. The molecule has 2 aromatic rings. The summed E-state index contributed by atoms with van der Waals surface area (Å²) in [5.74, 6) is 0.679. The summed E-state index contributed by atoms with van der Waals surface area (Å²) in [6.07, 6.45) is 4.47. The van der Waals surface area contributed by atoms with E-state index < -0.39 is 0 Å². The Kier molecular flexibility index (Phi) is 3.22. The zero-order chi connectivity index (χ0) is 12.5. The molecule has 0 amide bonds. The van der Waals surface area contributed by atoms with Crippen LogP contribution in [0.5, 0.6) is 0 Å². The zero-order valence-electron chi connectivity index (χ0n) is 10.1. The number of benzene rings is 1. The Morgan fingerprint density at radius 2 is 2.22 bits per heavy atom. The summed E-state index contributed by atoms with van der Waals surface area (Å²) < 4.78 is 3.22. The SMILES string of the molecule is NCc1cnn(Cc2cccc(Br)c2)c1C1CC1. The van der Waals surface area contributed by atoms with Gasteiger partial charge < -0.3 is 5.73 Å². The Bertz CT molecular complexity index is 558. The summed E-state index contributed by atoms with van der Waals surface area (Å²) in [6, 6.07) is 8.37. The molecule has 1 aliphatic rings. The fourth-order valence-corrected chi connectivity index (χ4v) is 2.80. The molecular weight excluding hydrogens is 290 g/mol. The van der Waals surface area contributed by atoms with Gasteiger partial charge in [-0.15, -0.1) is 0 Å². The van der Waals surface area contributed by atoms with E-state index in [2.05, 4.69) is 43.9 Å². The molecule has 1 fully saturated rings. The van der Waals surface area contributed by atoms with Crippen molar-refractivity contribution in [3.63, 3.8) is 0 Å².